The molecule has 0 atom stereocenters. The summed E-state index contributed by atoms with van der Waals surface area (Å²) in [5.74, 6) is -0.936. The molecule has 1 rings (SSSR count). The molecule has 0 unspecified atom stereocenters. The van der Waals surface area contributed by atoms with Crippen molar-refractivity contribution in [2.45, 2.75) is 6.18 Å². The number of nitriles is 1. The highest BCUT2D eigenvalue weighted by atomic mass is 32.1. The number of hydrogen-bond acceptors (Lipinski definition) is 2. The fraction of sp³-hybridized carbons (Fsp3) is 0.111. The van der Waals surface area contributed by atoms with Crippen molar-refractivity contribution >= 4 is 17.1 Å². The summed E-state index contributed by atoms with van der Waals surface area (Å²) in [7, 11) is 0. The first-order valence-corrected chi connectivity index (χ1v) is 4.08. The maximum absolute atomic E-state index is 13.0. The minimum Gasteiger partial charge on any atom is -0.206 e. The van der Waals surface area contributed by atoms with Crippen molar-refractivity contribution in [3.8, 4) is 6.07 Å². The smallest absolute Gasteiger partial charge is 0.206 e. The highest BCUT2D eigenvalue weighted by Gasteiger charge is 2.31. The van der Waals surface area contributed by atoms with Gasteiger partial charge in [-0.1, -0.05) is 12.2 Å². The fourth-order valence-corrected chi connectivity index (χ4v) is 1.09. The fourth-order valence-electron chi connectivity index (χ4n) is 0.936. The molecule has 0 bridgehead atoms. The van der Waals surface area contributed by atoms with Gasteiger partial charge in [0.25, 0.3) is 0 Å². The van der Waals surface area contributed by atoms with Crippen molar-refractivity contribution in [3.63, 3.8) is 0 Å². The van der Waals surface area contributed by atoms with Crippen molar-refractivity contribution in [2.24, 2.45) is 0 Å². The Morgan fingerprint density at radius 1 is 1.33 bits per heavy atom. The summed E-state index contributed by atoms with van der Waals surface area (Å²) in [4.78, 5) is -0.501. The molecular formula is C9H3F4NS. The molecule has 0 saturated carbocycles. The van der Waals surface area contributed by atoms with Gasteiger partial charge in [-0.05, 0) is 18.2 Å². The van der Waals surface area contributed by atoms with E-state index in [0.29, 0.717) is 18.2 Å². The zero-order valence-electron chi connectivity index (χ0n) is 7.10. The van der Waals surface area contributed by atoms with Crippen LogP contribution in [-0.4, -0.2) is 4.86 Å². The van der Waals surface area contributed by atoms with Crippen LogP contribution in [0.2, 0.25) is 0 Å². The Kier molecular flexibility index (Phi) is 3.05. The Bertz CT molecular complexity index is 444. The normalized spacial score (nSPS) is 10.9. The SMILES string of the molecule is N#CC(=S)c1cc(C(F)(F)F)ccc1F. The molecule has 0 aliphatic rings. The minimum absolute atomic E-state index is 0.498. The molecule has 0 fully saturated rings. The molecule has 0 N–H and O–H groups in total. The summed E-state index contributed by atoms with van der Waals surface area (Å²) in [5, 5.41) is 8.37. The number of rotatable bonds is 1. The number of alkyl halides is 3. The molecule has 15 heavy (non-hydrogen) atoms. The molecule has 0 aliphatic heterocycles. The van der Waals surface area contributed by atoms with E-state index in [2.05, 4.69) is 12.2 Å². The van der Waals surface area contributed by atoms with Gasteiger partial charge in [0.05, 0.1) is 5.56 Å². The van der Waals surface area contributed by atoms with Crippen LogP contribution in [0.1, 0.15) is 11.1 Å². The van der Waals surface area contributed by atoms with Gasteiger partial charge in [0, 0.05) is 5.56 Å². The number of hydrogen-bond donors (Lipinski definition) is 0. The predicted molar refractivity (Wildman–Crippen MR) is 48.7 cm³/mol. The second kappa shape index (κ2) is 3.95. The van der Waals surface area contributed by atoms with Crippen LogP contribution >= 0.6 is 12.2 Å². The summed E-state index contributed by atoms with van der Waals surface area (Å²) in [5.41, 5.74) is -1.53. The molecule has 78 valence electrons. The topological polar surface area (TPSA) is 23.8 Å². The lowest BCUT2D eigenvalue weighted by Gasteiger charge is -2.07. The molecule has 6 heteroatoms. The first-order valence-electron chi connectivity index (χ1n) is 3.67. The molecule has 1 nitrogen and oxygen atoms in total. The average molecular weight is 233 g/mol. The zero-order chi connectivity index (χ0) is 11.6. The van der Waals surface area contributed by atoms with Crippen LogP contribution in [0.5, 0.6) is 0 Å². The Balaban J connectivity index is 3.31. The molecule has 1 aromatic carbocycles. The van der Waals surface area contributed by atoms with Gasteiger partial charge in [-0.3, -0.25) is 0 Å². The van der Waals surface area contributed by atoms with Gasteiger partial charge in [-0.15, -0.1) is 0 Å². The summed E-state index contributed by atoms with van der Waals surface area (Å²) in [6, 6.07) is 3.19. The third kappa shape index (κ3) is 2.50. The lowest BCUT2D eigenvalue weighted by molar-refractivity contribution is -0.137. The van der Waals surface area contributed by atoms with Crippen molar-refractivity contribution in [1.29, 1.82) is 5.26 Å². The van der Waals surface area contributed by atoms with Crippen LogP contribution in [-0.2, 0) is 6.18 Å². The molecular weight excluding hydrogens is 230 g/mol. The summed E-state index contributed by atoms with van der Waals surface area (Å²) in [6.45, 7) is 0. The van der Waals surface area contributed by atoms with Crippen LogP contribution in [0, 0.1) is 17.1 Å². The first-order chi connectivity index (χ1) is 6.86. The van der Waals surface area contributed by atoms with Crippen molar-refractivity contribution in [3.05, 3.63) is 35.1 Å². The lowest BCUT2D eigenvalue weighted by Crippen LogP contribution is -2.08. The Labute approximate surface area is 87.9 Å². The molecule has 0 amide bonds. The van der Waals surface area contributed by atoms with E-state index in [1.807, 2.05) is 0 Å². The van der Waals surface area contributed by atoms with Crippen LogP contribution in [0.3, 0.4) is 0 Å². The number of benzene rings is 1. The quantitative estimate of drug-likeness (QED) is 0.423. The van der Waals surface area contributed by atoms with E-state index < -0.39 is 28.0 Å². The minimum atomic E-state index is -4.58. The van der Waals surface area contributed by atoms with Gasteiger partial charge in [-0.25, -0.2) is 4.39 Å². The van der Waals surface area contributed by atoms with E-state index in [1.54, 1.807) is 0 Å². The van der Waals surface area contributed by atoms with Crippen LogP contribution in [0.4, 0.5) is 17.6 Å². The van der Waals surface area contributed by atoms with E-state index in [9.17, 15) is 17.6 Å². The summed E-state index contributed by atoms with van der Waals surface area (Å²) in [6.07, 6.45) is -4.58. The van der Waals surface area contributed by atoms with Gasteiger partial charge in [0.1, 0.15) is 16.8 Å². The van der Waals surface area contributed by atoms with Crippen LogP contribution in [0.15, 0.2) is 18.2 Å². The number of halogens is 4. The van der Waals surface area contributed by atoms with Gasteiger partial charge in [-0.2, -0.15) is 18.4 Å². The highest BCUT2D eigenvalue weighted by Crippen LogP contribution is 2.30. The third-order valence-corrected chi connectivity index (χ3v) is 1.95. The van der Waals surface area contributed by atoms with Crippen molar-refractivity contribution < 1.29 is 17.6 Å². The maximum Gasteiger partial charge on any atom is 0.416 e. The molecule has 0 saturated heterocycles. The first kappa shape index (κ1) is 11.6. The average Bonchev–Trinajstić information content (AvgIpc) is 2.15. The number of thiocarbonyl (C=S) groups is 1. The van der Waals surface area contributed by atoms with Gasteiger partial charge < -0.3 is 0 Å². The monoisotopic (exact) mass is 233 g/mol. The van der Waals surface area contributed by atoms with E-state index in [0.717, 1.165) is 0 Å². The largest absolute Gasteiger partial charge is 0.416 e. The molecule has 0 radical (unpaired) electrons. The van der Waals surface area contributed by atoms with Gasteiger partial charge >= 0.3 is 6.18 Å². The maximum atomic E-state index is 13.0. The van der Waals surface area contributed by atoms with Crippen LogP contribution in [0.25, 0.3) is 0 Å². The Morgan fingerprint density at radius 3 is 2.40 bits per heavy atom. The van der Waals surface area contributed by atoms with E-state index in [-0.39, 0.29) is 0 Å². The molecule has 0 aromatic heterocycles. The second-order valence-electron chi connectivity index (χ2n) is 2.63. The highest BCUT2D eigenvalue weighted by molar-refractivity contribution is 7.81. The molecule has 1 aromatic rings. The number of nitrogens with zero attached hydrogens (tertiary/aromatic N) is 1. The Morgan fingerprint density at radius 2 is 1.93 bits per heavy atom. The lowest BCUT2D eigenvalue weighted by atomic mass is 10.1. The van der Waals surface area contributed by atoms with E-state index in [1.165, 1.54) is 6.07 Å². The third-order valence-electron chi connectivity index (χ3n) is 1.64. The van der Waals surface area contributed by atoms with E-state index >= 15 is 0 Å². The second-order valence-corrected chi connectivity index (χ2v) is 3.04. The Hall–Kier alpha value is -1.48. The van der Waals surface area contributed by atoms with Crippen LogP contribution < -0.4 is 0 Å². The van der Waals surface area contributed by atoms with E-state index in [4.69, 9.17) is 5.26 Å². The standard InChI is InChI=1S/C9H3F4NS/c10-7-2-1-5(9(11,12)13)3-6(7)8(15)4-14/h1-3H. The zero-order valence-corrected chi connectivity index (χ0v) is 7.92. The molecule has 0 spiro atoms. The summed E-state index contributed by atoms with van der Waals surface area (Å²) >= 11 is 4.42. The summed E-state index contributed by atoms with van der Waals surface area (Å²) < 4.78 is 49.6. The molecule has 0 aliphatic carbocycles. The van der Waals surface area contributed by atoms with Crippen molar-refractivity contribution in [1.82, 2.24) is 0 Å². The van der Waals surface area contributed by atoms with Gasteiger partial charge in [0.15, 0.2) is 0 Å². The molecule has 0 heterocycles. The van der Waals surface area contributed by atoms with Gasteiger partial charge in [0.2, 0.25) is 0 Å². The van der Waals surface area contributed by atoms with Crippen molar-refractivity contribution in [2.75, 3.05) is 0 Å². The predicted octanol–water partition coefficient (Wildman–Crippen LogP) is 3.09.